The van der Waals surface area contributed by atoms with Crippen LogP contribution in [0.4, 0.5) is 0 Å². The van der Waals surface area contributed by atoms with Crippen LogP contribution in [-0.4, -0.2) is 32.9 Å². The van der Waals surface area contributed by atoms with E-state index in [4.69, 9.17) is 14.2 Å². The van der Waals surface area contributed by atoms with Crippen LogP contribution in [0.2, 0.25) is 0 Å². The van der Waals surface area contributed by atoms with Crippen LogP contribution in [0.3, 0.4) is 0 Å². The van der Waals surface area contributed by atoms with E-state index in [0.717, 1.165) is 16.7 Å². The second-order valence-electron chi connectivity index (χ2n) is 6.06. The van der Waals surface area contributed by atoms with Crippen molar-refractivity contribution in [2.24, 2.45) is 5.10 Å². The molecule has 3 aromatic rings. The minimum atomic E-state index is -0.357. The number of amides is 1. The van der Waals surface area contributed by atoms with Crippen molar-refractivity contribution in [3.05, 3.63) is 78.4 Å². The summed E-state index contributed by atoms with van der Waals surface area (Å²) in [5.74, 6) is 1.49. The Hall–Kier alpha value is -3.80. The molecule has 0 bridgehead atoms. The highest BCUT2D eigenvalue weighted by Crippen LogP contribution is 2.29. The molecule has 0 spiro atoms. The molecular formula is C23H22N2O4. The van der Waals surface area contributed by atoms with E-state index in [0.29, 0.717) is 17.2 Å². The van der Waals surface area contributed by atoms with E-state index in [1.807, 2.05) is 60.7 Å². The summed E-state index contributed by atoms with van der Waals surface area (Å²) in [6.07, 6.45) is 1.53. The molecule has 6 heteroatoms. The van der Waals surface area contributed by atoms with Gasteiger partial charge in [-0.1, -0.05) is 48.5 Å². The molecule has 0 unspecified atom stereocenters. The summed E-state index contributed by atoms with van der Waals surface area (Å²) < 4.78 is 16.1. The lowest BCUT2D eigenvalue weighted by Gasteiger charge is -2.11. The maximum Gasteiger partial charge on any atom is 0.277 e. The quantitative estimate of drug-likeness (QED) is 0.468. The Balaban J connectivity index is 1.58. The Morgan fingerprint density at radius 1 is 0.897 bits per heavy atom. The highest BCUT2D eigenvalue weighted by atomic mass is 16.5. The van der Waals surface area contributed by atoms with Crippen LogP contribution in [0.1, 0.15) is 5.56 Å². The van der Waals surface area contributed by atoms with Crippen LogP contribution in [0.25, 0.3) is 11.1 Å². The van der Waals surface area contributed by atoms with Crippen molar-refractivity contribution < 1.29 is 19.0 Å². The smallest absolute Gasteiger partial charge is 0.277 e. The fourth-order valence-electron chi connectivity index (χ4n) is 2.74. The van der Waals surface area contributed by atoms with Crippen molar-refractivity contribution in [2.75, 3.05) is 20.8 Å². The van der Waals surface area contributed by atoms with Crippen molar-refractivity contribution >= 4 is 12.1 Å². The van der Waals surface area contributed by atoms with E-state index in [1.165, 1.54) is 6.21 Å². The number of nitrogens with one attached hydrogen (secondary N) is 1. The first kappa shape index (κ1) is 19.9. The second kappa shape index (κ2) is 9.94. The number of ether oxygens (including phenoxy) is 3. The van der Waals surface area contributed by atoms with Crippen LogP contribution in [-0.2, 0) is 4.79 Å². The van der Waals surface area contributed by atoms with Crippen molar-refractivity contribution in [1.82, 2.24) is 5.43 Å². The van der Waals surface area contributed by atoms with Crippen LogP contribution >= 0.6 is 0 Å². The lowest BCUT2D eigenvalue weighted by atomic mass is 10.1. The molecule has 1 amide bonds. The van der Waals surface area contributed by atoms with Crippen molar-refractivity contribution in [1.29, 1.82) is 0 Å². The van der Waals surface area contributed by atoms with E-state index in [-0.39, 0.29) is 12.5 Å². The van der Waals surface area contributed by atoms with Gasteiger partial charge in [-0.2, -0.15) is 5.10 Å². The van der Waals surface area contributed by atoms with E-state index < -0.39 is 0 Å². The molecule has 0 atom stereocenters. The third kappa shape index (κ3) is 5.35. The largest absolute Gasteiger partial charge is 0.493 e. The summed E-state index contributed by atoms with van der Waals surface area (Å²) in [6.45, 7) is -0.146. The first-order valence-corrected chi connectivity index (χ1v) is 9.02. The fourth-order valence-corrected chi connectivity index (χ4v) is 2.74. The van der Waals surface area contributed by atoms with E-state index in [2.05, 4.69) is 10.5 Å². The van der Waals surface area contributed by atoms with Gasteiger partial charge in [-0.15, -0.1) is 0 Å². The molecule has 0 radical (unpaired) electrons. The number of benzene rings is 3. The van der Waals surface area contributed by atoms with Crippen LogP contribution in [0, 0.1) is 0 Å². The minimum absolute atomic E-state index is 0.146. The van der Waals surface area contributed by atoms with Gasteiger partial charge in [0.05, 0.1) is 20.4 Å². The molecule has 3 rings (SSSR count). The summed E-state index contributed by atoms with van der Waals surface area (Å²) in [5.41, 5.74) is 5.17. The Morgan fingerprint density at radius 3 is 2.38 bits per heavy atom. The SMILES string of the molecule is COc1ccc(/C=N/NC(=O)COc2ccccc2-c2ccccc2)cc1OC. The molecule has 0 fully saturated rings. The molecule has 148 valence electrons. The second-order valence-corrected chi connectivity index (χ2v) is 6.06. The summed E-state index contributed by atoms with van der Waals surface area (Å²) >= 11 is 0. The molecule has 0 aromatic heterocycles. The zero-order chi connectivity index (χ0) is 20.5. The summed E-state index contributed by atoms with van der Waals surface area (Å²) in [7, 11) is 3.13. The molecule has 1 N–H and O–H groups in total. The van der Waals surface area contributed by atoms with Gasteiger partial charge in [0.1, 0.15) is 5.75 Å². The first-order valence-electron chi connectivity index (χ1n) is 9.02. The number of hydrazone groups is 1. The van der Waals surface area contributed by atoms with Gasteiger partial charge in [-0.05, 0) is 35.4 Å². The van der Waals surface area contributed by atoms with E-state index in [1.54, 1.807) is 26.4 Å². The molecule has 0 aliphatic heterocycles. The molecule has 0 aliphatic rings. The molecule has 3 aromatic carbocycles. The zero-order valence-corrected chi connectivity index (χ0v) is 16.3. The van der Waals surface area contributed by atoms with Gasteiger partial charge in [-0.25, -0.2) is 5.43 Å². The van der Waals surface area contributed by atoms with Crippen LogP contribution in [0.5, 0.6) is 17.2 Å². The van der Waals surface area contributed by atoms with E-state index in [9.17, 15) is 4.79 Å². The summed E-state index contributed by atoms with van der Waals surface area (Å²) in [6, 6.07) is 22.8. The predicted molar refractivity (Wildman–Crippen MR) is 113 cm³/mol. The molecule has 0 aliphatic carbocycles. The van der Waals surface area contributed by atoms with Crippen molar-refractivity contribution in [3.8, 4) is 28.4 Å². The van der Waals surface area contributed by atoms with Crippen molar-refractivity contribution in [2.45, 2.75) is 0 Å². The van der Waals surface area contributed by atoms with Gasteiger partial charge in [0.2, 0.25) is 0 Å². The molecule has 0 heterocycles. The van der Waals surface area contributed by atoms with Gasteiger partial charge < -0.3 is 14.2 Å². The third-order valence-corrected chi connectivity index (χ3v) is 4.14. The molecule has 0 saturated carbocycles. The lowest BCUT2D eigenvalue weighted by molar-refractivity contribution is -0.123. The predicted octanol–water partition coefficient (Wildman–Crippen LogP) is 3.90. The number of hydrogen-bond donors (Lipinski definition) is 1. The number of para-hydroxylation sites is 1. The maximum absolute atomic E-state index is 12.1. The monoisotopic (exact) mass is 390 g/mol. The molecule has 29 heavy (non-hydrogen) atoms. The maximum atomic E-state index is 12.1. The van der Waals surface area contributed by atoms with Gasteiger partial charge >= 0.3 is 0 Å². The number of nitrogens with zero attached hydrogens (tertiary/aromatic N) is 1. The zero-order valence-electron chi connectivity index (χ0n) is 16.3. The molecular weight excluding hydrogens is 368 g/mol. The Morgan fingerprint density at radius 2 is 1.62 bits per heavy atom. The molecule has 6 nitrogen and oxygen atoms in total. The fraction of sp³-hybridized carbons (Fsp3) is 0.130. The van der Waals surface area contributed by atoms with Gasteiger partial charge in [0.25, 0.3) is 5.91 Å². The van der Waals surface area contributed by atoms with Gasteiger partial charge in [0.15, 0.2) is 18.1 Å². The highest BCUT2D eigenvalue weighted by Gasteiger charge is 2.08. The normalized spacial score (nSPS) is 10.6. The Kier molecular flexibility index (Phi) is 6.84. The summed E-state index contributed by atoms with van der Waals surface area (Å²) in [4.78, 5) is 12.1. The first-order chi connectivity index (χ1) is 14.2. The van der Waals surface area contributed by atoms with Crippen LogP contribution in [0.15, 0.2) is 77.9 Å². The number of carbonyl (C=O) groups is 1. The lowest BCUT2D eigenvalue weighted by Crippen LogP contribution is -2.24. The topological polar surface area (TPSA) is 69.2 Å². The third-order valence-electron chi connectivity index (χ3n) is 4.14. The average molecular weight is 390 g/mol. The Labute approximate surface area is 169 Å². The van der Waals surface area contributed by atoms with Crippen LogP contribution < -0.4 is 19.6 Å². The average Bonchev–Trinajstić information content (AvgIpc) is 2.78. The number of rotatable bonds is 8. The van der Waals surface area contributed by atoms with Gasteiger partial charge in [0, 0.05) is 5.56 Å². The number of carbonyl (C=O) groups excluding carboxylic acids is 1. The Bertz CT molecular complexity index is 987. The highest BCUT2D eigenvalue weighted by molar-refractivity contribution is 5.84. The van der Waals surface area contributed by atoms with E-state index >= 15 is 0 Å². The number of methoxy groups -OCH3 is 2. The van der Waals surface area contributed by atoms with Crippen molar-refractivity contribution in [3.63, 3.8) is 0 Å². The molecule has 0 saturated heterocycles. The number of hydrogen-bond acceptors (Lipinski definition) is 5. The minimum Gasteiger partial charge on any atom is -0.493 e. The van der Waals surface area contributed by atoms with Gasteiger partial charge in [-0.3, -0.25) is 4.79 Å². The summed E-state index contributed by atoms with van der Waals surface area (Å²) in [5, 5.41) is 3.96. The standard InChI is InChI=1S/C23H22N2O4/c1-27-21-13-12-17(14-22(21)28-2)15-24-25-23(26)16-29-20-11-7-6-10-19(20)18-8-4-3-5-9-18/h3-15H,16H2,1-2H3,(H,25,26)/b24-15+.